The number of anilines is 1. The first-order chi connectivity index (χ1) is 12.7. The molecule has 2 saturated heterocycles. The van der Waals surface area contributed by atoms with Crippen LogP contribution in [0.25, 0.3) is 0 Å². The molecule has 3 aliphatic heterocycles. The first kappa shape index (κ1) is 17.5. The predicted molar refractivity (Wildman–Crippen MR) is 102 cm³/mol. The average Bonchev–Trinajstić information content (AvgIpc) is 2.69. The molecule has 1 aromatic rings. The van der Waals surface area contributed by atoms with E-state index in [4.69, 9.17) is 4.74 Å². The lowest BCUT2D eigenvalue weighted by atomic mass is 9.86. The van der Waals surface area contributed by atoms with Gasteiger partial charge in [-0.15, -0.1) is 0 Å². The molecule has 5 nitrogen and oxygen atoms in total. The quantitative estimate of drug-likeness (QED) is 0.765. The molecule has 4 heterocycles. The molecular weight excluding hydrogens is 326 g/mol. The SMILES string of the molecule is CC1=CC2(CCN(C(=O)C3CCCN(c4ccccn4)C3)CC2)OCC1. The molecule has 1 aromatic heterocycles. The van der Waals surface area contributed by atoms with E-state index in [1.165, 1.54) is 5.57 Å². The molecule has 1 amide bonds. The second-order valence-corrected chi connectivity index (χ2v) is 7.95. The van der Waals surface area contributed by atoms with E-state index >= 15 is 0 Å². The Hall–Kier alpha value is -1.88. The molecule has 0 radical (unpaired) electrons. The molecule has 1 atom stereocenters. The number of amides is 1. The van der Waals surface area contributed by atoms with Gasteiger partial charge in [-0.1, -0.05) is 17.7 Å². The molecule has 2 fully saturated rings. The number of carbonyl (C=O) groups is 1. The number of nitrogens with zero attached hydrogens (tertiary/aromatic N) is 3. The molecule has 0 bridgehead atoms. The Morgan fingerprint density at radius 3 is 2.85 bits per heavy atom. The van der Waals surface area contributed by atoms with E-state index in [1.54, 1.807) is 0 Å². The Balaban J connectivity index is 1.37. The van der Waals surface area contributed by atoms with E-state index < -0.39 is 0 Å². The summed E-state index contributed by atoms with van der Waals surface area (Å²) < 4.78 is 6.09. The van der Waals surface area contributed by atoms with Crippen molar-refractivity contribution in [2.45, 2.75) is 44.6 Å². The van der Waals surface area contributed by atoms with Crippen molar-refractivity contribution in [3.05, 3.63) is 36.0 Å². The first-order valence-corrected chi connectivity index (χ1v) is 9.92. The molecule has 4 rings (SSSR count). The van der Waals surface area contributed by atoms with Crippen molar-refractivity contribution in [3.63, 3.8) is 0 Å². The highest BCUT2D eigenvalue weighted by Crippen LogP contribution is 2.34. The maximum Gasteiger partial charge on any atom is 0.227 e. The van der Waals surface area contributed by atoms with Crippen LogP contribution in [-0.2, 0) is 9.53 Å². The van der Waals surface area contributed by atoms with Gasteiger partial charge < -0.3 is 14.5 Å². The van der Waals surface area contributed by atoms with Crippen LogP contribution in [0, 0.1) is 5.92 Å². The lowest BCUT2D eigenvalue weighted by Crippen LogP contribution is -2.51. The number of rotatable bonds is 2. The van der Waals surface area contributed by atoms with Crippen molar-refractivity contribution >= 4 is 11.7 Å². The lowest BCUT2D eigenvalue weighted by Gasteiger charge is -2.43. The zero-order valence-corrected chi connectivity index (χ0v) is 15.7. The van der Waals surface area contributed by atoms with Gasteiger partial charge in [-0.25, -0.2) is 4.98 Å². The summed E-state index contributed by atoms with van der Waals surface area (Å²) in [5.41, 5.74) is 1.31. The Bertz CT molecular complexity index is 665. The minimum absolute atomic E-state index is 0.0874. The van der Waals surface area contributed by atoms with Gasteiger partial charge in [-0.05, 0) is 51.2 Å². The summed E-state index contributed by atoms with van der Waals surface area (Å²) >= 11 is 0. The summed E-state index contributed by atoms with van der Waals surface area (Å²) in [5.74, 6) is 1.39. The summed E-state index contributed by atoms with van der Waals surface area (Å²) in [6.07, 6.45) is 9.05. The van der Waals surface area contributed by atoms with Gasteiger partial charge in [-0.2, -0.15) is 0 Å². The number of carbonyl (C=O) groups excluding carboxylic acids is 1. The van der Waals surface area contributed by atoms with E-state index in [0.29, 0.717) is 5.91 Å². The lowest BCUT2D eigenvalue weighted by molar-refractivity contribution is -0.140. The number of hydrogen-bond acceptors (Lipinski definition) is 4. The second-order valence-electron chi connectivity index (χ2n) is 7.95. The third kappa shape index (κ3) is 3.63. The van der Waals surface area contributed by atoms with Gasteiger partial charge in [0.2, 0.25) is 5.91 Å². The highest BCUT2D eigenvalue weighted by Gasteiger charge is 2.38. The van der Waals surface area contributed by atoms with Crippen LogP contribution in [0.5, 0.6) is 0 Å². The molecule has 5 heteroatoms. The molecule has 26 heavy (non-hydrogen) atoms. The summed E-state index contributed by atoms with van der Waals surface area (Å²) in [7, 11) is 0. The molecule has 0 N–H and O–H groups in total. The van der Waals surface area contributed by atoms with Crippen molar-refractivity contribution < 1.29 is 9.53 Å². The highest BCUT2D eigenvalue weighted by atomic mass is 16.5. The number of ether oxygens (including phenoxy) is 1. The maximum absolute atomic E-state index is 13.1. The minimum Gasteiger partial charge on any atom is -0.370 e. The number of pyridine rings is 1. The van der Waals surface area contributed by atoms with E-state index in [-0.39, 0.29) is 11.5 Å². The van der Waals surface area contributed by atoms with Crippen LogP contribution in [0.1, 0.15) is 39.0 Å². The van der Waals surface area contributed by atoms with Gasteiger partial charge in [0.15, 0.2) is 0 Å². The van der Waals surface area contributed by atoms with Crippen LogP contribution in [0.15, 0.2) is 36.0 Å². The zero-order valence-electron chi connectivity index (χ0n) is 15.7. The van der Waals surface area contributed by atoms with Crippen molar-refractivity contribution in [2.24, 2.45) is 5.92 Å². The summed E-state index contributed by atoms with van der Waals surface area (Å²) in [6.45, 7) is 6.40. The van der Waals surface area contributed by atoms with Gasteiger partial charge >= 0.3 is 0 Å². The van der Waals surface area contributed by atoms with E-state index in [1.807, 2.05) is 24.4 Å². The standard InChI is InChI=1S/C21H29N3O2/c1-17-7-14-26-21(15-17)8-12-23(13-9-21)20(25)18-5-4-11-24(16-18)19-6-2-3-10-22-19/h2-3,6,10,15,18H,4-5,7-9,11-14,16H2,1H3. The number of piperidine rings is 2. The van der Waals surface area contributed by atoms with Gasteiger partial charge in [-0.3, -0.25) is 4.79 Å². The van der Waals surface area contributed by atoms with Gasteiger partial charge in [0.05, 0.1) is 18.1 Å². The topological polar surface area (TPSA) is 45.7 Å². The Morgan fingerprint density at radius 1 is 1.27 bits per heavy atom. The third-order valence-electron chi connectivity index (χ3n) is 6.06. The van der Waals surface area contributed by atoms with Gasteiger partial charge in [0.1, 0.15) is 5.82 Å². The fraction of sp³-hybridized carbons (Fsp3) is 0.619. The van der Waals surface area contributed by atoms with E-state index in [9.17, 15) is 4.79 Å². The molecule has 0 aliphatic carbocycles. The summed E-state index contributed by atoms with van der Waals surface area (Å²) in [4.78, 5) is 21.9. The Labute approximate surface area is 156 Å². The summed E-state index contributed by atoms with van der Waals surface area (Å²) in [6, 6.07) is 5.98. The number of hydrogen-bond donors (Lipinski definition) is 0. The van der Waals surface area contributed by atoms with Crippen molar-refractivity contribution in [1.29, 1.82) is 0 Å². The van der Waals surface area contributed by atoms with Crippen LogP contribution >= 0.6 is 0 Å². The number of likely N-dealkylation sites (tertiary alicyclic amines) is 1. The minimum atomic E-state index is -0.119. The van der Waals surface area contributed by atoms with Crippen LogP contribution in [0.3, 0.4) is 0 Å². The van der Waals surface area contributed by atoms with Crippen LogP contribution in [-0.4, -0.2) is 54.2 Å². The fourth-order valence-electron chi connectivity index (χ4n) is 4.56. The maximum atomic E-state index is 13.1. The van der Waals surface area contributed by atoms with E-state index in [2.05, 4.69) is 27.8 Å². The molecule has 0 aromatic carbocycles. The predicted octanol–water partition coefficient (Wildman–Crippen LogP) is 3.03. The second kappa shape index (κ2) is 7.39. The van der Waals surface area contributed by atoms with Crippen LogP contribution in [0.2, 0.25) is 0 Å². The summed E-state index contributed by atoms with van der Waals surface area (Å²) in [5, 5.41) is 0. The monoisotopic (exact) mass is 355 g/mol. The van der Waals surface area contributed by atoms with Crippen molar-refractivity contribution in [1.82, 2.24) is 9.88 Å². The van der Waals surface area contributed by atoms with Gasteiger partial charge in [0.25, 0.3) is 0 Å². The molecule has 0 saturated carbocycles. The zero-order chi connectivity index (χ0) is 18.0. The molecule has 140 valence electrons. The molecule has 3 aliphatic rings. The largest absolute Gasteiger partial charge is 0.370 e. The van der Waals surface area contributed by atoms with Crippen LogP contribution in [0.4, 0.5) is 5.82 Å². The highest BCUT2D eigenvalue weighted by molar-refractivity contribution is 5.80. The molecule has 1 unspecified atom stereocenters. The van der Waals surface area contributed by atoms with Crippen LogP contribution < -0.4 is 4.90 Å². The normalized spacial score (nSPS) is 25.9. The Kier molecular flexibility index (Phi) is 4.98. The number of aromatic nitrogens is 1. The van der Waals surface area contributed by atoms with Crippen molar-refractivity contribution in [3.8, 4) is 0 Å². The third-order valence-corrected chi connectivity index (χ3v) is 6.06. The average molecular weight is 355 g/mol. The Morgan fingerprint density at radius 2 is 2.12 bits per heavy atom. The van der Waals surface area contributed by atoms with Gasteiger partial charge in [0, 0.05) is 32.4 Å². The smallest absolute Gasteiger partial charge is 0.227 e. The van der Waals surface area contributed by atoms with Crippen molar-refractivity contribution in [2.75, 3.05) is 37.7 Å². The molecular formula is C21H29N3O2. The van der Waals surface area contributed by atoms with E-state index in [0.717, 1.165) is 70.7 Å². The molecule has 1 spiro atoms. The fourth-order valence-corrected chi connectivity index (χ4v) is 4.56. The first-order valence-electron chi connectivity index (χ1n) is 9.92.